The molecule has 3 heterocycles. The van der Waals surface area contributed by atoms with Gasteiger partial charge in [-0.3, -0.25) is 9.59 Å². The van der Waals surface area contributed by atoms with E-state index in [9.17, 15) is 18.4 Å². The van der Waals surface area contributed by atoms with Crippen molar-refractivity contribution in [2.45, 2.75) is 38.1 Å². The third kappa shape index (κ3) is 3.99. The van der Waals surface area contributed by atoms with Gasteiger partial charge in [0, 0.05) is 16.6 Å². The number of carbonyl (C=O) groups excluding carboxylic acids is 1. The zero-order valence-corrected chi connectivity index (χ0v) is 17.8. The van der Waals surface area contributed by atoms with Crippen LogP contribution in [-0.4, -0.2) is 27.4 Å². The van der Waals surface area contributed by atoms with Crippen molar-refractivity contribution < 1.29 is 23.0 Å². The number of nitrogens with one attached hydrogen (secondary N) is 2. The second kappa shape index (κ2) is 7.55. The number of alkyl halides is 2. The highest BCUT2D eigenvalue weighted by atomic mass is 32.2. The highest BCUT2D eigenvalue weighted by Gasteiger charge is 2.43. The Balaban J connectivity index is 1.40. The van der Waals surface area contributed by atoms with Gasteiger partial charge in [-0.2, -0.15) is 0 Å². The lowest BCUT2D eigenvalue weighted by Gasteiger charge is -2.12. The Morgan fingerprint density at radius 3 is 2.83 bits per heavy atom. The highest BCUT2D eigenvalue weighted by Crippen LogP contribution is 2.42. The number of halogens is 2. The molecule has 3 aromatic rings. The first-order valence-corrected chi connectivity index (χ1v) is 10.8. The molecule has 1 aliphatic heterocycles. The average molecular weight is 453 g/mol. The van der Waals surface area contributed by atoms with Gasteiger partial charge in [-0.25, -0.2) is 4.98 Å². The van der Waals surface area contributed by atoms with E-state index in [1.54, 1.807) is 6.92 Å². The number of benzene rings is 1. The molecule has 0 saturated heterocycles. The van der Waals surface area contributed by atoms with Crippen molar-refractivity contribution >= 4 is 44.9 Å². The molecular formula is C19H17F2N3O4S2. The van der Waals surface area contributed by atoms with Gasteiger partial charge in [0.25, 0.3) is 5.56 Å². The minimum Gasteiger partial charge on any atom is -0.395 e. The summed E-state index contributed by atoms with van der Waals surface area (Å²) >= 11 is 2.76. The Kier molecular flexibility index (Phi) is 5.18. The summed E-state index contributed by atoms with van der Waals surface area (Å²) in [5.74, 6) is 0.267. The van der Waals surface area contributed by atoms with E-state index < -0.39 is 11.5 Å². The van der Waals surface area contributed by atoms with Gasteiger partial charge >= 0.3 is 6.29 Å². The van der Waals surface area contributed by atoms with E-state index in [1.807, 2.05) is 13.8 Å². The Morgan fingerprint density at radius 1 is 1.33 bits per heavy atom. The number of fused-ring (bicyclic) bond motifs is 2. The van der Waals surface area contributed by atoms with Gasteiger partial charge in [0.2, 0.25) is 5.91 Å². The van der Waals surface area contributed by atoms with Gasteiger partial charge in [-0.15, -0.1) is 31.9 Å². The number of ether oxygens (including phenoxy) is 2. The van der Waals surface area contributed by atoms with Gasteiger partial charge in [0.05, 0.1) is 16.4 Å². The average Bonchev–Trinajstić information content (AvgIpc) is 3.13. The predicted molar refractivity (Wildman–Crippen MR) is 112 cm³/mol. The maximum Gasteiger partial charge on any atom is 0.586 e. The monoisotopic (exact) mass is 453 g/mol. The SMILES string of the molecule is Cc1sc2nc(CS[C@@H](C)C(=O)Nc3ccc4c(c3)OC(F)(F)O4)[nH]c(=O)c2c1C. The summed E-state index contributed by atoms with van der Waals surface area (Å²) in [5.41, 5.74) is 1.05. The largest absolute Gasteiger partial charge is 0.586 e. The molecule has 0 spiro atoms. The second-order valence-electron chi connectivity index (χ2n) is 6.75. The molecule has 2 N–H and O–H groups in total. The van der Waals surface area contributed by atoms with E-state index in [0.717, 1.165) is 10.4 Å². The molecule has 0 bridgehead atoms. The quantitative estimate of drug-likeness (QED) is 0.602. The molecule has 0 unspecified atom stereocenters. The molecule has 1 aromatic carbocycles. The lowest BCUT2D eigenvalue weighted by atomic mass is 10.2. The summed E-state index contributed by atoms with van der Waals surface area (Å²) in [6, 6.07) is 4.03. The fourth-order valence-corrected chi connectivity index (χ4v) is 4.72. The molecule has 158 valence electrons. The van der Waals surface area contributed by atoms with Gasteiger partial charge in [0.1, 0.15) is 10.7 Å². The van der Waals surface area contributed by atoms with Crippen molar-refractivity contribution in [1.82, 2.24) is 9.97 Å². The molecule has 0 radical (unpaired) electrons. The number of hydrogen-bond acceptors (Lipinski definition) is 7. The second-order valence-corrected chi connectivity index (χ2v) is 9.28. The van der Waals surface area contributed by atoms with Crippen molar-refractivity contribution in [1.29, 1.82) is 0 Å². The van der Waals surface area contributed by atoms with Crippen LogP contribution in [0.4, 0.5) is 14.5 Å². The van der Waals surface area contributed by atoms with Gasteiger partial charge < -0.3 is 19.8 Å². The van der Waals surface area contributed by atoms with Crippen LogP contribution in [-0.2, 0) is 10.5 Å². The van der Waals surface area contributed by atoms with E-state index in [0.29, 0.717) is 27.5 Å². The maximum atomic E-state index is 13.1. The summed E-state index contributed by atoms with van der Waals surface area (Å²) in [5, 5.41) is 2.78. The summed E-state index contributed by atoms with van der Waals surface area (Å²) in [7, 11) is 0. The normalized spacial score (nSPS) is 15.4. The summed E-state index contributed by atoms with van der Waals surface area (Å²) in [6.07, 6.45) is -3.71. The molecule has 1 atom stereocenters. The zero-order valence-electron chi connectivity index (χ0n) is 16.2. The van der Waals surface area contributed by atoms with Crippen LogP contribution in [0.15, 0.2) is 23.0 Å². The van der Waals surface area contributed by atoms with Crippen LogP contribution >= 0.6 is 23.1 Å². The Bertz CT molecular complexity index is 1210. The Hall–Kier alpha value is -2.66. The molecule has 30 heavy (non-hydrogen) atoms. The topological polar surface area (TPSA) is 93.3 Å². The van der Waals surface area contributed by atoms with Crippen molar-refractivity contribution in [2.24, 2.45) is 0 Å². The first-order chi connectivity index (χ1) is 14.1. The van der Waals surface area contributed by atoms with Crippen LogP contribution in [0, 0.1) is 13.8 Å². The van der Waals surface area contributed by atoms with Crippen molar-refractivity contribution in [3.8, 4) is 11.5 Å². The summed E-state index contributed by atoms with van der Waals surface area (Å²) in [4.78, 5) is 33.8. The van der Waals surface area contributed by atoms with Gasteiger partial charge in [-0.1, -0.05) is 0 Å². The smallest absolute Gasteiger partial charge is 0.395 e. The van der Waals surface area contributed by atoms with Crippen LogP contribution in [0.2, 0.25) is 0 Å². The number of amides is 1. The molecule has 1 aliphatic rings. The van der Waals surface area contributed by atoms with Crippen LogP contribution in [0.1, 0.15) is 23.2 Å². The number of thiophene rings is 1. The van der Waals surface area contributed by atoms with Crippen LogP contribution in [0.3, 0.4) is 0 Å². The number of anilines is 1. The number of hydrogen-bond donors (Lipinski definition) is 2. The number of nitrogens with zero attached hydrogens (tertiary/aromatic N) is 1. The number of aryl methyl sites for hydroxylation is 2. The molecule has 11 heteroatoms. The lowest BCUT2D eigenvalue weighted by Crippen LogP contribution is -2.26. The third-order valence-electron chi connectivity index (χ3n) is 4.60. The number of rotatable bonds is 5. The van der Waals surface area contributed by atoms with Crippen LogP contribution in [0.25, 0.3) is 10.2 Å². The summed E-state index contributed by atoms with van der Waals surface area (Å²) in [6.45, 7) is 5.54. The van der Waals surface area contributed by atoms with E-state index >= 15 is 0 Å². The first-order valence-electron chi connectivity index (χ1n) is 8.94. The van der Waals surface area contributed by atoms with E-state index in [4.69, 9.17) is 0 Å². The molecular weight excluding hydrogens is 436 g/mol. The van der Waals surface area contributed by atoms with E-state index in [2.05, 4.69) is 24.8 Å². The van der Waals surface area contributed by atoms with Crippen molar-refractivity contribution in [2.75, 3.05) is 5.32 Å². The fraction of sp³-hybridized carbons (Fsp3) is 0.316. The van der Waals surface area contributed by atoms with Crippen molar-refractivity contribution in [3.05, 3.63) is 44.8 Å². The highest BCUT2D eigenvalue weighted by molar-refractivity contribution is 7.99. The predicted octanol–water partition coefficient (Wildman–Crippen LogP) is 4.18. The zero-order chi connectivity index (χ0) is 21.6. The maximum absolute atomic E-state index is 13.1. The molecule has 2 aromatic heterocycles. The number of carbonyl (C=O) groups is 1. The minimum absolute atomic E-state index is 0.0927. The summed E-state index contributed by atoms with van der Waals surface area (Å²) < 4.78 is 34.9. The molecule has 4 rings (SSSR count). The molecule has 0 aliphatic carbocycles. The molecule has 1 amide bonds. The minimum atomic E-state index is -3.71. The standard InChI is InChI=1S/C19H17F2N3O4S2/c1-8-9(2)30-18-15(8)17(26)23-14(24-18)7-29-10(3)16(25)22-11-4-5-12-13(6-11)28-19(20,21)27-12/h4-6,10H,7H2,1-3H3,(H,22,25)(H,23,24,26)/t10-/m0/s1. The first kappa shape index (κ1) is 20.6. The Labute approximate surface area is 177 Å². The van der Waals surface area contributed by atoms with Gasteiger partial charge in [0.15, 0.2) is 11.5 Å². The van der Waals surface area contributed by atoms with Crippen LogP contribution in [0.5, 0.6) is 11.5 Å². The van der Waals surface area contributed by atoms with Crippen LogP contribution < -0.4 is 20.3 Å². The molecule has 7 nitrogen and oxygen atoms in total. The fourth-order valence-electron chi connectivity index (χ4n) is 2.92. The number of aromatic nitrogens is 2. The molecule has 0 fully saturated rings. The molecule has 0 saturated carbocycles. The lowest BCUT2D eigenvalue weighted by molar-refractivity contribution is -0.286. The Morgan fingerprint density at radius 2 is 2.07 bits per heavy atom. The van der Waals surface area contributed by atoms with E-state index in [1.165, 1.54) is 41.3 Å². The van der Waals surface area contributed by atoms with Crippen molar-refractivity contribution in [3.63, 3.8) is 0 Å². The number of aromatic amines is 1. The number of H-pyrrole nitrogens is 1. The third-order valence-corrected chi connectivity index (χ3v) is 6.85. The van der Waals surface area contributed by atoms with Gasteiger partial charge in [-0.05, 0) is 38.5 Å². The van der Waals surface area contributed by atoms with E-state index in [-0.39, 0.29) is 23.0 Å². The number of thioether (sulfide) groups is 1.